The van der Waals surface area contributed by atoms with Crippen LogP contribution in [0.4, 0.5) is 0 Å². The maximum atomic E-state index is 12.8. The molecule has 24 heavy (non-hydrogen) atoms. The van der Waals surface area contributed by atoms with E-state index in [-0.39, 0.29) is 5.56 Å². The minimum Gasteiger partial charge on any atom is -0.493 e. The van der Waals surface area contributed by atoms with Gasteiger partial charge in [-0.15, -0.1) is 0 Å². The Labute approximate surface area is 140 Å². The molecule has 0 saturated carbocycles. The Hall–Kier alpha value is -2.93. The minimum absolute atomic E-state index is 0.115. The number of methoxy groups -OCH3 is 2. The maximum absolute atomic E-state index is 12.8. The van der Waals surface area contributed by atoms with Crippen molar-refractivity contribution in [3.05, 3.63) is 57.1 Å². The number of nitrogens with zero attached hydrogens (tertiary/aromatic N) is 3. The molecular formula is C17H13N3O3S. The molecular weight excluding hydrogens is 326 g/mol. The lowest BCUT2D eigenvalue weighted by molar-refractivity contribution is 0.355. The first-order valence-corrected chi connectivity index (χ1v) is 8.02. The molecule has 0 bridgehead atoms. The number of ether oxygens (including phenoxy) is 2. The van der Waals surface area contributed by atoms with Crippen molar-refractivity contribution in [1.29, 1.82) is 0 Å². The summed E-state index contributed by atoms with van der Waals surface area (Å²) in [4.78, 5) is 22.2. The number of imidazole rings is 1. The Balaban J connectivity index is 2.00. The van der Waals surface area contributed by atoms with Crippen LogP contribution in [0.1, 0.15) is 5.69 Å². The summed E-state index contributed by atoms with van der Waals surface area (Å²) in [6.07, 6.45) is 3.47. The molecule has 0 radical (unpaired) electrons. The lowest BCUT2D eigenvalue weighted by atomic mass is 10.2. The van der Waals surface area contributed by atoms with E-state index in [0.29, 0.717) is 32.0 Å². The van der Waals surface area contributed by atoms with Crippen LogP contribution in [0.2, 0.25) is 0 Å². The quantitative estimate of drug-likeness (QED) is 0.570. The van der Waals surface area contributed by atoms with Crippen molar-refractivity contribution >= 4 is 33.4 Å². The van der Waals surface area contributed by atoms with Gasteiger partial charge in [0.05, 0.1) is 35.5 Å². The summed E-state index contributed by atoms with van der Waals surface area (Å²) < 4.78 is 12.8. The van der Waals surface area contributed by atoms with Gasteiger partial charge in [0.1, 0.15) is 0 Å². The molecule has 6 nitrogen and oxygen atoms in total. The molecule has 7 heteroatoms. The smallest absolute Gasteiger partial charge is 0.275 e. The summed E-state index contributed by atoms with van der Waals surface area (Å²) in [5.74, 6) is 1.15. The summed E-state index contributed by atoms with van der Waals surface area (Å²) >= 11 is 1.33. The van der Waals surface area contributed by atoms with E-state index in [0.717, 1.165) is 5.69 Å². The first-order valence-electron chi connectivity index (χ1n) is 7.21. The number of thiazole rings is 1. The molecule has 4 aromatic rings. The van der Waals surface area contributed by atoms with Gasteiger partial charge in [-0.25, -0.2) is 9.38 Å². The zero-order valence-electron chi connectivity index (χ0n) is 13.0. The van der Waals surface area contributed by atoms with Crippen molar-refractivity contribution in [1.82, 2.24) is 14.4 Å². The number of hydrogen-bond donors (Lipinski definition) is 0. The minimum atomic E-state index is -0.115. The lowest BCUT2D eigenvalue weighted by Crippen LogP contribution is -2.22. The van der Waals surface area contributed by atoms with Crippen LogP contribution in [-0.2, 0) is 0 Å². The monoisotopic (exact) mass is 339 g/mol. The second-order valence-corrected chi connectivity index (χ2v) is 6.11. The molecule has 120 valence electrons. The topological polar surface area (TPSA) is 65.7 Å². The van der Waals surface area contributed by atoms with E-state index in [2.05, 4.69) is 9.97 Å². The normalized spacial score (nSPS) is 12.2. The molecule has 0 spiro atoms. The molecule has 0 saturated heterocycles. The molecule has 0 fully saturated rings. The van der Waals surface area contributed by atoms with Crippen LogP contribution in [-0.4, -0.2) is 28.6 Å². The molecule has 0 atom stereocenters. The predicted molar refractivity (Wildman–Crippen MR) is 93.0 cm³/mol. The van der Waals surface area contributed by atoms with Gasteiger partial charge < -0.3 is 9.47 Å². The average molecular weight is 339 g/mol. The SMILES string of the molecule is COc1cc2nc3s/c(=C/c4ccccn4)c(=O)n3c2cc1OC. The summed E-state index contributed by atoms with van der Waals surface area (Å²) in [6.45, 7) is 0. The fourth-order valence-electron chi connectivity index (χ4n) is 2.59. The van der Waals surface area contributed by atoms with Crippen LogP contribution in [0.25, 0.3) is 22.1 Å². The summed E-state index contributed by atoms with van der Waals surface area (Å²) in [6, 6.07) is 9.12. The van der Waals surface area contributed by atoms with Crippen LogP contribution in [0, 0.1) is 0 Å². The van der Waals surface area contributed by atoms with Crippen LogP contribution in [0.3, 0.4) is 0 Å². The van der Waals surface area contributed by atoms with Crippen molar-refractivity contribution in [3.63, 3.8) is 0 Å². The molecule has 3 aromatic heterocycles. The van der Waals surface area contributed by atoms with Gasteiger partial charge in [0, 0.05) is 18.3 Å². The fraction of sp³-hybridized carbons (Fsp3) is 0.118. The molecule has 0 aliphatic carbocycles. The van der Waals surface area contributed by atoms with Gasteiger partial charge in [-0.2, -0.15) is 0 Å². The fourth-order valence-corrected chi connectivity index (χ4v) is 3.56. The summed E-state index contributed by atoms with van der Waals surface area (Å²) in [5.41, 5.74) is 2.02. The van der Waals surface area contributed by atoms with E-state index < -0.39 is 0 Å². The number of fused-ring (bicyclic) bond motifs is 3. The van der Waals surface area contributed by atoms with Crippen LogP contribution < -0.4 is 19.6 Å². The molecule has 0 unspecified atom stereocenters. The largest absolute Gasteiger partial charge is 0.493 e. The highest BCUT2D eigenvalue weighted by Gasteiger charge is 2.15. The molecule has 0 amide bonds. The first-order chi connectivity index (χ1) is 11.7. The van der Waals surface area contributed by atoms with E-state index in [1.54, 1.807) is 43.0 Å². The van der Waals surface area contributed by atoms with Gasteiger partial charge in [0.2, 0.25) is 0 Å². The Morgan fingerprint density at radius 2 is 1.96 bits per heavy atom. The number of hydrogen-bond acceptors (Lipinski definition) is 6. The van der Waals surface area contributed by atoms with Gasteiger partial charge in [-0.05, 0) is 18.2 Å². The molecule has 0 aliphatic heterocycles. The van der Waals surface area contributed by atoms with Crippen molar-refractivity contribution in [2.75, 3.05) is 14.2 Å². The Bertz CT molecular complexity index is 1150. The maximum Gasteiger partial charge on any atom is 0.275 e. The Morgan fingerprint density at radius 3 is 2.67 bits per heavy atom. The van der Waals surface area contributed by atoms with Crippen molar-refractivity contribution in [2.45, 2.75) is 0 Å². The van der Waals surface area contributed by atoms with Crippen LogP contribution in [0.15, 0.2) is 41.3 Å². The third-order valence-electron chi connectivity index (χ3n) is 3.71. The van der Waals surface area contributed by atoms with Crippen LogP contribution >= 0.6 is 11.3 Å². The summed E-state index contributed by atoms with van der Waals surface area (Å²) in [5, 5.41) is 0. The highest BCUT2D eigenvalue weighted by atomic mass is 32.1. The van der Waals surface area contributed by atoms with Gasteiger partial charge in [-0.3, -0.25) is 9.78 Å². The Morgan fingerprint density at radius 1 is 1.17 bits per heavy atom. The van der Waals surface area contributed by atoms with Gasteiger partial charge in [0.25, 0.3) is 5.56 Å². The highest BCUT2D eigenvalue weighted by Crippen LogP contribution is 2.32. The van der Waals surface area contributed by atoms with E-state index in [4.69, 9.17) is 9.47 Å². The van der Waals surface area contributed by atoms with Crippen molar-refractivity contribution in [3.8, 4) is 11.5 Å². The standard InChI is InChI=1S/C17H13N3O3S/c1-22-13-8-11-12(9-14(13)23-2)20-16(21)15(24-17(20)19-11)7-10-5-3-4-6-18-10/h3-9H,1-2H3/b15-7+. The molecule has 0 aliphatic rings. The van der Waals surface area contributed by atoms with Gasteiger partial charge >= 0.3 is 0 Å². The second kappa shape index (κ2) is 5.61. The third-order valence-corrected chi connectivity index (χ3v) is 4.68. The number of pyridine rings is 1. The molecule has 3 heterocycles. The first kappa shape index (κ1) is 14.6. The summed E-state index contributed by atoms with van der Waals surface area (Å²) in [7, 11) is 3.13. The lowest BCUT2D eigenvalue weighted by Gasteiger charge is -2.06. The highest BCUT2D eigenvalue weighted by molar-refractivity contribution is 7.15. The van der Waals surface area contributed by atoms with Gasteiger partial charge in [0.15, 0.2) is 16.5 Å². The van der Waals surface area contributed by atoms with Crippen molar-refractivity contribution in [2.24, 2.45) is 0 Å². The zero-order valence-corrected chi connectivity index (χ0v) is 13.8. The number of rotatable bonds is 3. The van der Waals surface area contributed by atoms with E-state index in [1.165, 1.54) is 11.3 Å². The molecule has 4 rings (SSSR count). The zero-order chi connectivity index (χ0) is 16.7. The average Bonchev–Trinajstić information content (AvgIpc) is 3.10. The predicted octanol–water partition coefficient (Wildman–Crippen LogP) is 1.87. The molecule has 0 N–H and O–H groups in total. The second-order valence-electron chi connectivity index (χ2n) is 5.10. The Kier molecular flexibility index (Phi) is 3.42. The van der Waals surface area contributed by atoms with E-state index in [1.807, 2.05) is 18.2 Å². The van der Waals surface area contributed by atoms with Gasteiger partial charge in [-0.1, -0.05) is 17.4 Å². The number of aromatic nitrogens is 3. The van der Waals surface area contributed by atoms with E-state index in [9.17, 15) is 4.79 Å². The van der Waals surface area contributed by atoms with E-state index >= 15 is 0 Å². The third kappa shape index (κ3) is 2.21. The van der Waals surface area contributed by atoms with Crippen LogP contribution in [0.5, 0.6) is 11.5 Å². The molecule has 1 aromatic carbocycles. The van der Waals surface area contributed by atoms with Crippen molar-refractivity contribution < 1.29 is 9.47 Å². The number of benzene rings is 1.